The van der Waals surface area contributed by atoms with E-state index in [0.717, 1.165) is 54.0 Å². The van der Waals surface area contributed by atoms with Crippen molar-refractivity contribution in [2.75, 3.05) is 31.7 Å². The Morgan fingerprint density at radius 2 is 2.00 bits per heavy atom. The van der Waals surface area contributed by atoms with E-state index in [-0.39, 0.29) is 11.8 Å². The highest BCUT2D eigenvalue weighted by Crippen LogP contribution is 2.36. The summed E-state index contributed by atoms with van der Waals surface area (Å²) < 4.78 is 26.0. The molecule has 0 aliphatic carbocycles. The Balaban J connectivity index is 1.09. The van der Waals surface area contributed by atoms with E-state index >= 15 is 0 Å². The summed E-state index contributed by atoms with van der Waals surface area (Å²) in [6.45, 7) is 2.82. The van der Waals surface area contributed by atoms with Crippen molar-refractivity contribution in [3.63, 3.8) is 0 Å². The van der Waals surface area contributed by atoms with Crippen LogP contribution in [-0.2, 0) is 11.3 Å². The predicted molar refractivity (Wildman–Crippen MR) is 155 cm³/mol. The second kappa shape index (κ2) is 11.3. The number of piperidine rings is 1. The van der Waals surface area contributed by atoms with Gasteiger partial charge in [-0.1, -0.05) is 11.8 Å². The molecule has 0 saturated carbocycles. The van der Waals surface area contributed by atoms with Gasteiger partial charge in [-0.05, 0) is 42.7 Å². The van der Waals surface area contributed by atoms with Crippen LogP contribution in [0.1, 0.15) is 36.0 Å². The number of rotatable bonds is 5. The Bertz CT molecular complexity index is 1760. The Hall–Kier alpha value is -4.55. The largest absolute Gasteiger partial charge is 0.479 e. The van der Waals surface area contributed by atoms with Crippen molar-refractivity contribution in [1.29, 1.82) is 5.26 Å². The lowest BCUT2D eigenvalue weighted by Gasteiger charge is -2.56. The van der Waals surface area contributed by atoms with Crippen molar-refractivity contribution in [1.82, 2.24) is 24.5 Å². The molecule has 4 aliphatic rings. The molecule has 0 radical (unpaired) electrons. The van der Waals surface area contributed by atoms with E-state index in [1.165, 1.54) is 13.2 Å². The minimum Gasteiger partial charge on any atom is -0.479 e. The smallest absolute Gasteiger partial charge is 0.250 e. The zero-order chi connectivity index (χ0) is 29.5. The molecule has 0 spiro atoms. The fourth-order valence-electron chi connectivity index (χ4n) is 6.36. The van der Waals surface area contributed by atoms with Crippen LogP contribution in [0, 0.1) is 34.9 Å². The molecule has 4 aromatic rings. The summed E-state index contributed by atoms with van der Waals surface area (Å²) in [5, 5.41) is 23.9. The number of pyridine rings is 3. The Morgan fingerprint density at radius 3 is 2.72 bits per heavy atom. The van der Waals surface area contributed by atoms with Gasteiger partial charge in [0.05, 0.1) is 31.0 Å². The topological polar surface area (TPSA) is 112 Å². The minimum atomic E-state index is -0.774. The number of piperazine rings is 1. The highest BCUT2D eigenvalue weighted by atomic mass is 19.1. The highest BCUT2D eigenvalue weighted by Gasteiger charge is 2.44. The number of hydrogen-bond donors (Lipinski definition) is 1. The molecule has 10 nitrogen and oxygen atoms in total. The average Bonchev–Trinajstić information content (AvgIpc) is 3.46. The summed E-state index contributed by atoms with van der Waals surface area (Å²) in [5.41, 5.74) is 4.50. The molecular formula is C32H30FN7O3. The molecule has 8 rings (SSSR count). The van der Waals surface area contributed by atoms with Crippen LogP contribution >= 0.6 is 0 Å². The van der Waals surface area contributed by atoms with E-state index in [1.807, 2.05) is 30.6 Å². The number of ether oxygens (including phenoxy) is 2. The number of hydrogen-bond acceptors (Lipinski definition) is 9. The first-order valence-electron chi connectivity index (χ1n) is 14.4. The summed E-state index contributed by atoms with van der Waals surface area (Å²) >= 11 is 0. The maximum Gasteiger partial charge on any atom is 0.250 e. The van der Waals surface area contributed by atoms with E-state index < -0.39 is 12.1 Å². The van der Waals surface area contributed by atoms with Gasteiger partial charge >= 0.3 is 0 Å². The molecule has 11 heteroatoms. The Morgan fingerprint density at radius 1 is 1.14 bits per heavy atom. The van der Waals surface area contributed by atoms with Crippen LogP contribution in [0.15, 0.2) is 49.1 Å². The first kappa shape index (κ1) is 27.3. The molecular weight excluding hydrogens is 549 g/mol. The van der Waals surface area contributed by atoms with E-state index in [1.54, 1.807) is 16.9 Å². The van der Waals surface area contributed by atoms with Crippen LogP contribution in [0.4, 0.5) is 10.2 Å². The molecule has 218 valence electrons. The normalized spacial score (nSPS) is 23.3. The number of methoxy groups -OCH3 is 1. The summed E-state index contributed by atoms with van der Waals surface area (Å²) in [6, 6.07) is 10.5. The molecule has 0 amide bonds. The number of aliphatic hydroxyl groups is 1. The molecule has 43 heavy (non-hydrogen) atoms. The van der Waals surface area contributed by atoms with Gasteiger partial charge in [0.2, 0.25) is 5.88 Å². The molecule has 4 fully saturated rings. The molecule has 4 aliphatic heterocycles. The van der Waals surface area contributed by atoms with Crippen LogP contribution in [0.2, 0.25) is 0 Å². The number of nitriles is 1. The molecule has 4 saturated heterocycles. The van der Waals surface area contributed by atoms with Crippen molar-refractivity contribution in [3.05, 3.63) is 71.6 Å². The summed E-state index contributed by atoms with van der Waals surface area (Å²) in [7, 11) is 1.41. The van der Waals surface area contributed by atoms with E-state index in [9.17, 15) is 14.8 Å². The van der Waals surface area contributed by atoms with E-state index in [4.69, 9.17) is 14.5 Å². The highest BCUT2D eigenvalue weighted by molar-refractivity contribution is 5.85. The fraction of sp³-hybridized carbons (Fsp3) is 0.375. The first-order valence-corrected chi connectivity index (χ1v) is 14.4. The van der Waals surface area contributed by atoms with Crippen LogP contribution in [-0.4, -0.2) is 74.8 Å². The number of aromatic nitrogens is 4. The third-order valence-corrected chi connectivity index (χ3v) is 8.57. The Kier molecular flexibility index (Phi) is 7.15. The van der Waals surface area contributed by atoms with Gasteiger partial charge in [0, 0.05) is 79.3 Å². The van der Waals surface area contributed by atoms with E-state index in [0.29, 0.717) is 42.7 Å². The number of nitrogens with zero attached hydrogens (tertiary/aromatic N) is 7. The van der Waals surface area contributed by atoms with Gasteiger partial charge in [0.15, 0.2) is 12.1 Å². The van der Waals surface area contributed by atoms with Crippen molar-refractivity contribution >= 4 is 11.3 Å². The number of fused-ring (bicyclic) bond motifs is 3. The predicted octanol–water partition coefficient (Wildman–Crippen LogP) is 3.37. The summed E-state index contributed by atoms with van der Waals surface area (Å²) in [4.78, 5) is 13.6. The first-order chi connectivity index (χ1) is 21.0. The fourth-order valence-corrected chi connectivity index (χ4v) is 6.36. The second-order valence-electron chi connectivity index (χ2n) is 11.3. The van der Waals surface area contributed by atoms with Crippen molar-refractivity contribution in [2.24, 2.45) is 5.92 Å². The van der Waals surface area contributed by atoms with E-state index in [2.05, 4.69) is 37.8 Å². The zero-order valence-corrected chi connectivity index (χ0v) is 23.7. The van der Waals surface area contributed by atoms with Gasteiger partial charge in [0.1, 0.15) is 11.9 Å². The lowest BCUT2D eigenvalue weighted by atomic mass is 9.87. The van der Waals surface area contributed by atoms with Gasteiger partial charge in [-0.25, -0.2) is 18.9 Å². The van der Waals surface area contributed by atoms with Gasteiger partial charge in [-0.15, -0.1) is 0 Å². The number of anilines is 1. The van der Waals surface area contributed by atoms with Crippen molar-refractivity contribution in [2.45, 2.75) is 44.2 Å². The Labute approximate surface area is 248 Å². The van der Waals surface area contributed by atoms with Gasteiger partial charge < -0.3 is 19.5 Å². The molecule has 0 aromatic carbocycles. The van der Waals surface area contributed by atoms with Crippen LogP contribution in [0.25, 0.3) is 16.6 Å². The maximum atomic E-state index is 14.2. The number of aliphatic hydroxyl groups excluding tert-OH is 1. The molecule has 8 heterocycles. The van der Waals surface area contributed by atoms with Crippen LogP contribution < -0.4 is 9.64 Å². The monoisotopic (exact) mass is 579 g/mol. The van der Waals surface area contributed by atoms with Gasteiger partial charge in [0.25, 0.3) is 0 Å². The zero-order valence-electron chi connectivity index (χ0n) is 23.7. The van der Waals surface area contributed by atoms with Crippen LogP contribution in [0.3, 0.4) is 0 Å². The SMILES string of the molecule is COc1ncc(CN2C3CC2CN(c2ccc(-c4cc(C#CC5CCOC(O)C5)cn5ncc(C#N)c45)cn2)C3)cc1F. The molecule has 1 N–H and O–H groups in total. The lowest BCUT2D eigenvalue weighted by molar-refractivity contribution is -0.131. The summed E-state index contributed by atoms with van der Waals surface area (Å²) in [5.74, 6) is 7.04. The molecule has 2 bridgehead atoms. The standard InChI is InChI=1S/C32H30FN7O3/c1-42-32-28(33)9-22(13-36-32)16-39-25-11-26(39)19-38(18-25)29-5-4-23(14-35-29)27-8-21(3-2-20-6-7-43-30(41)10-20)17-40-31(27)24(12-34)15-37-40/h4-5,8-9,13-15,17,20,25-26,30,41H,6-7,10-11,16,18-19H2,1H3. The average molecular weight is 580 g/mol. The van der Waals surface area contributed by atoms with Crippen molar-refractivity contribution < 1.29 is 19.0 Å². The molecule has 4 unspecified atom stereocenters. The quantitative estimate of drug-likeness (QED) is 0.356. The van der Waals surface area contributed by atoms with Crippen LogP contribution in [0.5, 0.6) is 5.88 Å². The third kappa shape index (κ3) is 5.28. The third-order valence-electron chi connectivity index (χ3n) is 8.57. The van der Waals surface area contributed by atoms with Gasteiger partial charge in [-0.3, -0.25) is 4.90 Å². The summed E-state index contributed by atoms with van der Waals surface area (Å²) in [6.07, 6.45) is 8.51. The number of halogens is 1. The minimum absolute atomic E-state index is 0.0152. The lowest BCUT2D eigenvalue weighted by Crippen LogP contribution is -2.68. The molecule has 4 aromatic heterocycles. The second-order valence-corrected chi connectivity index (χ2v) is 11.3. The maximum absolute atomic E-state index is 14.2. The molecule has 4 atom stereocenters. The van der Waals surface area contributed by atoms with Crippen molar-refractivity contribution in [3.8, 4) is 34.9 Å². The van der Waals surface area contributed by atoms with Gasteiger partial charge in [-0.2, -0.15) is 10.4 Å².